The number of aliphatic carboxylic acids is 1. The van der Waals surface area contributed by atoms with E-state index in [4.69, 9.17) is 22.3 Å². The summed E-state index contributed by atoms with van der Waals surface area (Å²) >= 11 is 3.78. The third-order valence-corrected chi connectivity index (χ3v) is 4.02. The Labute approximate surface area is 176 Å². The number of carbonyl (C=O) groups is 6. The molecule has 0 rings (SSSR count). The highest BCUT2D eigenvalue weighted by Crippen LogP contribution is 2.01. The highest BCUT2D eigenvalue weighted by atomic mass is 32.1. The summed E-state index contributed by atoms with van der Waals surface area (Å²) in [7, 11) is 0. The van der Waals surface area contributed by atoms with E-state index in [1.165, 1.54) is 0 Å². The second-order valence-corrected chi connectivity index (χ2v) is 6.68. The number of primary amides is 2. The van der Waals surface area contributed by atoms with Crippen LogP contribution in [0.3, 0.4) is 0 Å². The van der Waals surface area contributed by atoms with Crippen LogP contribution in [0.1, 0.15) is 19.8 Å². The third-order valence-electron chi connectivity index (χ3n) is 3.66. The molecule has 15 heteroatoms. The topological polar surface area (TPSA) is 257 Å². The Morgan fingerprint density at radius 1 is 0.867 bits per heavy atom. The first-order valence-corrected chi connectivity index (χ1v) is 9.18. The lowest BCUT2D eigenvalue weighted by Crippen LogP contribution is -2.60. The summed E-state index contributed by atoms with van der Waals surface area (Å²) in [6.45, 7) is 1.15. The Bertz CT molecular complexity index is 688. The smallest absolute Gasteiger partial charge is 0.327 e. The molecule has 11 N–H and O–H groups in total. The van der Waals surface area contributed by atoms with E-state index in [0.29, 0.717) is 0 Å². The van der Waals surface area contributed by atoms with Crippen LogP contribution in [0.25, 0.3) is 0 Å². The van der Waals surface area contributed by atoms with Gasteiger partial charge in [-0.2, -0.15) is 12.6 Å². The number of carboxylic acid groups (broad SMARTS) is 1. The van der Waals surface area contributed by atoms with E-state index >= 15 is 0 Å². The van der Waals surface area contributed by atoms with Gasteiger partial charge in [-0.1, -0.05) is 0 Å². The highest BCUT2D eigenvalue weighted by molar-refractivity contribution is 7.80. The van der Waals surface area contributed by atoms with Crippen LogP contribution < -0.4 is 33.2 Å². The number of hydrogen-bond donors (Lipinski definition) is 9. The summed E-state index contributed by atoms with van der Waals surface area (Å²) < 4.78 is 0. The number of carboxylic acids is 1. The van der Waals surface area contributed by atoms with Gasteiger partial charge in [0.1, 0.15) is 18.1 Å². The van der Waals surface area contributed by atoms with Crippen LogP contribution in [0.15, 0.2) is 0 Å². The zero-order valence-electron chi connectivity index (χ0n) is 16.0. The minimum absolute atomic E-state index is 0.275. The monoisotopic (exact) mass is 450 g/mol. The van der Waals surface area contributed by atoms with Gasteiger partial charge in [0.05, 0.1) is 25.0 Å². The maximum absolute atomic E-state index is 12.5. The van der Waals surface area contributed by atoms with Gasteiger partial charge in [0.15, 0.2) is 0 Å². The van der Waals surface area contributed by atoms with Crippen LogP contribution in [0, 0.1) is 0 Å². The SMILES string of the molecule is CC(O)C(NC(=O)C(N)CC(N)=O)C(=O)NC(CC(N)=O)C(=O)NC(CS)C(=O)O. The fourth-order valence-electron chi connectivity index (χ4n) is 2.10. The number of aliphatic hydroxyl groups excluding tert-OH is 1. The number of thiol groups is 1. The Hall–Kier alpha value is -2.91. The normalized spacial score (nSPS) is 15.6. The summed E-state index contributed by atoms with van der Waals surface area (Å²) in [6.07, 6.45) is -2.69. The van der Waals surface area contributed by atoms with Crippen LogP contribution in [0.2, 0.25) is 0 Å². The Balaban J connectivity index is 5.37. The Morgan fingerprint density at radius 2 is 1.37 bits per heavy atom. The Kier molecular flexibility index (Phi) is 11.4. The molecule has 0 aliphatic carbocycles. The van der Waals surface area contributed by atoms with Crippen molar-refractivity contribution in [3.63, 3.8) is 0 Å². The van der Waals surface area contributed by atoms with E-state index < -0.39 is 78.6 Å². The number of aliphatic hydroxyl groups is 1. The molecule has 0 fully saturated rings. The minimum atomic E-state index is -1.63. The lowest BCUT2D eigenvalue weighted by molar-refractivity contribution is -0.142. The quantitative estimate of drug-likeness (QED) is 0.121. The first-order valence-electron chi connectivity index (χ1n) is 8.55. The van der Waals surface area contributed by atoms with E-state index in [2.05, 4.69) is 28.6 Å². The molecule has 5 atom stereocenters. The first-order chi connectivity index (χ1) is 13.8. The van der Waals surface area contributed by atoms with Crippen LogP contribution in [-0.2, 0) is 28.8 Å². The molecule has 0 aliphatic rings. The van der Waals surface area contributed by atoms with Crippen LogP contribution in [-0.4, -0.2) is 81.7 Å². The fourth-order valence-corrected chi connectivity index (χ4v) is 2.35. The van der Waals surface area contributed by atoms with Crippen molar-refractivity contribution in [2.45, 2.75) is 50.0 Å². The molecule has 0 saturated heterocycles. The van der Waals surface area contributed by atoms with E-state index in [9.17, 15) is 33.9 Å². The number of nitrogens with two attached hydrogens (primary N) is 3. The average Bonchev–Trinajstić information content (AvgIpc) is 2.61. The van der Waals surface area contributed by atoms with Gasteiger partial charge in [0, 0.05) is 5.75 Å². The number of nitrogens with one attached hydrogen (secondary N) is 3. The zero-order valence-corrected chi connectivity index (χ0v) is 16.9. The van der Waals surface area contributed by atoms with Crippen molar-refractivity contribution in [2.24, 2.45) is 17.2 Å². The summed E-state index contributed by atoms with van der Waals surface area (Å²) in [5.41, 5.74) is 15.5. The molecule has 0 heterocycles. The molecule has 0 aromatic rings. The Morgan fingerprint density at radius 3 is 1.77 bits per heavy atom. The van der Waals surface area contributed by atoms with Crippen molar-refractivity contribution in [1.29, 1.82) is 0 Å². The number of rotatable bonds is 13. The van der Waals surface area contributed by atoms with Crippen molar-refractivity contribution in [3.05, 3.63) is 0 Å². The molecule has 0 saturated carbocycles. The maximum Gasteiger partial charge on any atom is 0.327 e. The summed E-state index contributed by atoms with van der Waals surface area (Å²) in [5, 5.41) is 25.0. The van der Waals surface area contributed by atoms with Crippen molar-refractivity contribution in [2.75, 3.05) is 5.75 Å². The molecule has 0 spiro atoms. The van der Waals surface area contributed by atoms with Gasteiger partial charge in [-0.25, -0.2) is 4.79 Å². The van der Waals surface area contributed by atoms with Crippen molar-refractivity contribution < 1.29 is 39.0 Å². The van der Waals surface area contributed by atoms with Crippen molar-refractivity contribution in [1.82, 2.24) is 16.0 Å². The van der Waals surface area contributed by atoms with Crippen LogP contribution in [0.4, 0.5) is 0 Å². The molecule has 0 bridgehead atoms. The van der Waals surface area contributed by atoms with Gasteiger partial charge in [-0.3, -0.25) is 24.0 Å². The number of hydrogen-bond acceptors (Lipinski definition) is 9. The highest BCUT2D eigenvalue weighted by Gasteiger charge is 2.33. The first kappa shape index (κ1) is 27.1. The van der Waals surface area contributed by atoms with E-state index in [1.54, 1.807) is 0 Å². The largest absolute Gasteiger partial charge is 0.480 e. The van der Waals surface area contributed by atoms with Gasteiger partial charge in [0.25, 0.3) is 0 Å². The van der Waals surface area contributed by atoms with E-state index in [1.807, 2.05) is 0 Å². The number of amides is 5. The second-order valence-electron chi connectivity index (χ2n) is 6.32. The number of carbonyl (C=O) groups excluding carboxylic acids is 5. The zero-order chi connectivity index (χ0) is 23.6. The van der Waals surface area contributed by atoms with Gasteiger partial charge in [-0.15, -0.1) is 0 Å². The summed E-state index contributed by atoms with van der Waals surface area (Å²) in [5.74, 6) is -6.66. The van der Waals surface area contributed by atoms with Crippen molar-refractivity contribution >= 4 is 48.1 Å². The fraction of sp³-hybridized carbons (Fsp3) is 0.600. The molecule has 30 heavy (non-hydrogen) atoms. The standard InChI is InChI=1S/C15H26N6O8S/c1-5(22)11(21-12(25)6(16)2-9(17)23)14(27)19-7(3-10(18)24)13(26)20-8(4-30)15(28)29/h5-8,11,22,30H,2-4,16H2,1H3,(H2,17,23)(H2,18,24)(H,19,27)(H,20,26)(H,21,25)(H,28,29). The molecule has 170 valence electrons. The van der Waals surface area contributed by atoms with Crippen LogP contribution >= 0.6 is 12.6 Å². The lowest BCUT2D eigenvalue weighted by Gasteiger charge is -2.25. The van der Waals surface area contributed by atoms with Gasteiger partial charge >= 0.3 is 5.97 Å². The molecular weight excluding hydrogens is 424 g/mol. The summed E-state index contributed by atoms with van der Waals surface area (Å²) in [4.78, 5) is 69.9. The third kappa shape index (κ3) is 9.53. The lowest BCUT2D eigenvalue weighted by atomic mass is 10.1. The predicted octanol–water partition coefficient (Wildman–Crippen LogP) is -5.09. The molecule has 5 unspecified atom stereocenters. The summed E-state index contributed by atoms with van der Waals surface area (Å²) in [6, 6.07) is -6.03. The second kappa shape index (κ2) is 12.6. The van der Waals surface area contributed by atoms with Crippen LogP contribution in [0.5, 0.6) is 0 Å². The van der Waals surface area contributed by atoms with Gasteiger partial charge in [-0.05, 0) is 6.92 Å². The van der Waals surface area contributed by atoms with Gasteiger partial charge in [0.2, 0.25) is 29.5 Å². The van der Waals surface area contributed by atoms with Crippen molar-refractivity contribution in [3.8, 4) is 0 Å². The molecule has 14 nitrogen and oxygen atoms in total. The minimum Gasteiger partial charge on any atom is -0.480 e. The molecule has 5 amide bonds. The molecule has 0 radical (unpaired) electrons. The predicted molar refractivity (Wildman–Crippen MR) is 105 cm³/mol. The molecule has 0 aromatic heterocycles. The molecule has 0 aliphatic heterocycles. The molecular formula is C15H26N6O8S. The molecule has 0 aromatic carbocycles. The maximum atomic E-state index is 12.5. The van der Waals surface area contributed by atoms with E-state index in [0.717, 1.165) is 6.92 Å². The van der Waals surface area contributed by atoms with E-state index in [-0.39, 0.29) is 5.75 Å². The van der Waals surface area contributed by atoms with Gasteiger partial charge < -0.3 is 43.4 Å². The average molecular weight is 450 g/mol.